The van der Waals surface area contributed by atoms with E-state index >= 15 is 0 Å². The number of urea groups is 1. The predicted molar refractivity (Wildman–Crippen MR) is 88.2 cm³/mol. The minimum Gasteiger partial charge on any atom is -0.467 e. The molecule has 9 heteroatoms. The molecule has 0 unspecified atom stereocenters. The van der Waals surface area contributed by atoms with Gasteiger partial charge >= 0.3 is 6.03 Å². The van der Waals surface area contributed by atoms with Crippen molar-refractivity contribution >= 4 is 29.6 Å². The standard InChI is InChI=1S/C15H21N3O5S/c1-24-6-4-10(9-19)16-13(20)7-12-14(21)18(15(22)17-12)8-11-3-2-5-23-11/h2-3,5,10,12,19H,4,6-9H2,1H3,(H,16,20)(H,17,22)/t10-,12-/m0/s1. The molecule has 24 heavy (non-hydrogen) atoms. The van der Waals surface area contributed by atoms with Crippen LogP contribution in [-0.4, -0.2) is 58.6 Å². The number of imide groups is 1. The van der Waals surface area contributed by atoms with Crippen molar-refractivity contribution in [1.82, 2.24) is 15.5 Å². The number of aliphatic hydroxyl groups excluding tert-OH is 1. The van der Waals surface area contributed by atoms with E-state index in [-0.39, 0.29) is 31.5 Å². The van der Waals surface area contributed by atoms with E-state index < -0.39 is 18.0 Å². The summed E-state index contributed by atoms with van der Waals surface area (Å²) in [5.74, 6) is 0.451. The van der Waals surface area contributed by atoms with Crippen molar-refractivity contribution in [1.29, 1.82) is 0 Å². The van der Waals surface area contributed by atoms with Crippen molar-refractivity contribution in [3.63, 3.8) is 0 Å². The van der Waals surface area contributed by atoms with Crippen molar-refractivity contribution in [3.8, 4) is 0 Å². The van der Waals surface area contributed by atoms with Crippen LogP contribution in [0.25, 0.3) is 0 Å². The Hall–Kier alpha value is -2.00. The molecular formula is C15H21N3O5S. The molecule has 1 fully saturated rings. The molecule has 2 heterocycles. The van der Waals surface area contributed by atoms with Crippen LogP contribution in [0.5, 0.6) is 0 Å². The number of nitrogens with one attached hydrogen (secondary N) is 2. The maximum absolute atomic E-state index is 12.3. The molecule has 1 saturated heterocycles. The molecule has 1 aromatic heterocycles. The molecule has 1 aliphatic heterocycles. The second kappa shape index (κ2) is 8.74. The van der Waals surface area contributed by atoms with E-state index in [0.29, 0.717) is 12.2 Å². The first-order valence-corrected chi connectivity index (χ1v) is 8.98. The molecule has 1 aliphatic rings. The first-order valence-electron chi connectivity index (χ1n) is 7.58. The quantitative estimate of drug-likeness (QED) is 0.550. The number of thioether (sulfide) groups is 1. The Morgan fingerprint density at radius 2 is 2.33 bits per heavy atom. The van der Waals surface area contributed by atoms with Gasteiger partial charge in [0.25, 0.3) is 5.91 Å². The summed E-state index contributed by atoms with van der Waals surface area (Å²) in [4.78, 5) is 37.2. The van der Waals surface area contributed by atoms with Gasteiger partial charge < -0.3 is 20.2 Å². The van der Waals surface area contributed by atoms with Crippen LogP contribution in [0.2, 0.25) is 0 Å². The Balaban J connectivity index is 1.87. The van der Waals surface area contributed by atoms with Crippen LogP contribution in [0.4, 0.5) is 4.79 Å². The highest BCUT2D eigenvalue weighted by Crippen LogP contribution is 2.14. The van der Waals surface area contributed by atoms with E-state index in [4.69, 9.17) is 4.42 Å². The van der Waals surface area contributed by atoms with Crippen molar-refractivity contribution in [2.24, 2.45) is 0 Å². The van der Waals surface area contributed by atoms with Crippen molar-refractivity contribution in [2.75, 3.05) is 18.6 Å². The summed E-state index contributed by atoms with van der Waals surface area (Å²) in [6.45, 7) is -0.134. The van der Waals surface area contributed by atoms with Crippen LogP contribution in [-0.2, 0) is 16.1 Å². The van der Waals surface area contributed by atoms with E-state index in [9.17, 15) is 19.5 Å². The lowest BCUT2D eigenvalue weighted by Gasteiger charge is -2.17. The largest absolute Gasteiger partial charge is 0.467 e. The van der Waals surface area contributed by atoms with Gasteiger partial charge in [0.15, 0.2) is 0 Å². The first kappa shape index (κ1) is 18.3. The van der Waals surface area contributed by atoms with Gasteiger partial charge in [0.05, 0.1) is 31.9 Å². The van der Waals surface area contributed by atoms with E-state index in [1.165, 1.54) is 6.26 Å². The van der Waals surface area contributed by atoms with Crippen LogP contribution in [0.3, 0.4) is 0 Å². The van der Waals surface area contributed by atoms with Crippen LogP contribution >= 0.6 is 11.8 Å². The van der Waals surface area contributed by atoms with Gasteiger partial charge in [0.2, 0.25) is 5.91 Å². The molecule has 4 amide bonds. The van der Waals surface area contributed by atoms with Gasteiger partial charge in [0.1, 0.15) is 11.8 Å². The minimum absolute atomic E-state index is 0.0305. The highest BCUT2D eigenvalue weighted by molar-refractivity contribution is 7.98. The van der Waals surface area contributed by atoms with Crippen LogP contribution < -0.4 is 10.6 Å². The normalized spacial score (nSPS) is 18.6. The van der Waals surface area contributed by atoms with E-state index in [1.807, 2.05) is 6.26 Å². The van der Waals surface area contributed by atoms with E-state index in [2.05, 4.69) is 10.6 Å². The van der Waals surface area contributed by atoms with Gasteiger partial charge in [-0.05, 0) is 30.6 Å². The number of rotatable bonds is 9. The third-order valence-electron chi connectivity index (χ3n) is 3.65. The van der Waals surface area contributed by atoms with E-state index in [1.54, 1.807) is 23.9 Å². The fourth-order valence-corrected chi connectivity index (χ4v) is 2.88. The highest BCUT2D eigenvalue weighted by Gasteiger charge is 2.39. The topological polar surface area (TPSA) is 112 Å². The number of furan rings is 1. The molecule has 0 spiro atoms. The lowest BCUT2D eigenvalue weighted by molar-refractivity contribution is -0.131. The number of carbonyl (C=O) groups excluding carboxylic acids is 3. The molecule has 132 valence electrons. The number of carbonyl (C=O) groups is 3. The molecular weight excluding hydrogens is 334 g/mol. The van der Waals surface area contributed by atoms with Gasteiger partial charge in [-0.25, -0.2) is 4.79 Å². The summed E-state index contributed by atoms with van der Waals surface area (Å²) in [5, 5.41) is 14.4. The molecule has 2 atom stereocenters. The lowest BCUT2D eigenvalue weighted by atomic mass is 10.1. The molecule has 0 saturated carbocycles. The third kappa shape index (κ3) is 4.75. The van der Waals surface area contributed by atoms with Crippen molar-refractivity contribution in [3.05, 3.63) is 24.2 Å². The summed E-state index contributed by atoms with van der Waals surface area (Å²) >= 11 is 1.62. The van der Waals surface area contributed by atoms with Crippen molar-refractivity contribution < 1.29 is 23.9 Å². The van der Waals surface area contributed by atoms with Crippen LogP contribution in [0, 0.1) is 0 Å². The van der Waals surface area contributed by atoms with Gasteiger partial charge in [-0.1, -0.05) is 0 Å². The number of amides is 4. The summed E-state index contributed by atoms with van der Waals surface area (Å²) in [5.41, 5.74) is 0. The molecule has 0 aliphatic carbocycles. The highest BCUT2D eigenvalue weighted by atomic mass is 32.2. The SMILES string of the molecule is CSCC[C@@H](CO)NC(=O)C[C@@H]1NC(=O)N(Cc2ccco2)C1=O. The average Bonchev–Trinajstić information content (AvgIpc) is 3.16. The van der Waals surface area contributed by atoms with Crippen molar-refractivity contribution in [2.45, 2.75) is 31.5 Å². The Morgan fingerprint density at radius 1 is 1.54 bits per heavy atom. The minimum atomic E-state index is -0.896. The molecule has 2 rings (SSSR count). The zero-order valence-electron chi connectivity index (χ0n) is 13.4. The van der Waals surface area contributed by atoms with Gasteiger partial charge in [0, 0.05) is 0 Å². The fraction of sp³-hybridized carbons (Fsp3) is 0.533. The smallest absolute Gasteiger partial charge is 0.325 e. The maximum atomic E-state index is 12.3. The van der Waals surface area contributed by atoms with Gasteiger partial charge in [-0.15, -0.1) is 0 Å². The number of hydrogen-bond acceptors (Lipinski definition) is 6. The van der Waals surface area contributed by atoms with Crippen LogP contribution in [0.15, 0.2) is 22.8 Å². The zero-order chi connectivity index (χ0) is 17.5. The monoisotopic (exact) mass is 355 g/mol. The number of nitrogens with zero attached hydrogens (tertiary/aromatic N) is 1. The molecule has 8 nitrogen and oxygen atoms in total. The van der Waals surface area contributed by atoms with E-state index in [0.717, 1.165) is 10.7 Å². The predicted octanol–water partition coefficient (Wildman–Crippen LogP) is 0.320. The summed E-state index contributed by atoms with van der Waals surface area (Å²) < 4.78 is 5.13. The lowest BCUT2D eigenvalue weighted by Crippen LogP contribution is -2.42. The second-order valence-electron chi connectivity index (χ2n) is 5.44. The molecule has 3 N–H and O–H groups in total. The summed E-state index contributed by atoms with van der Waals surface area (Å²) in [6.07, 6.45) is 3.88. The molecule has 1 aromatic rings. The zero-order valence-corrected chi connectivity index (χ0v) is 14.2. The number of aliphatic hydroxyl groups is 1. The van der Waals surface area contributed by atoms with Crippen LogP contribution in [0.1, 0.15) is 18.6 Å². The Morgan fingerprint density at radius 3 is 2.96 bits per heavy atom. The molecule has 0 aromatic carbocycles. The second-order valence-corrected chi connectivity index (χ2v) is 6.42. The van der Waals surface area contributed by atoms with Gasteiger partial charge in [-0.3, -0.25) is 14.5 Å². The Bertz CT molecular complexity index is 578. The molecule has 0 bridgehead atoms. The molecule has 0 radical (unpaired) electrons. The fourth-order valence-electron chi connectivity index (χ4n) is 2.36. The summed E-state index contributed by atoms with van der Waals surface area (Å²) in [7, 11) is 0. The van der Waals surface area contributed by atoms with Gasteiger partial charge in [-0.2, -0.15) is 11.8 Å². The first-order chi connectivity index (χ1) is 11.5. The number of hydrogen-bond donors (Lipinski definition) is 3. The summed E-state index contributed by atoms with van der Waals surface area (Å²) in [6, 6.07) is 1.54. The Labute approximate surface area is 143 Å². The maximum Gasteiger partial charge on any atom is 0.325 e. The Kier molecular flexibility index (Phi) is 6.68. The average molecular weight is 355 g/mol. The third-order valence-corrected chi connectivity index (χ3v) is 4.29.